The van der Waals surface area contributed by atoms with E-state index in [1.807, 2.05) is 0 Å². The van der Waals surface area contributed by atoms with Crippen LogP contribution in [0.2, 0.25) is 5.15 Å². The summed E-state index contributed by atoms with van der Waals surface area (Å²) in [6, 6.07) is 1.07. The van der Waals surface area contributed by atoms with Crippen LogP contribution in [0.1, 0.15) is 19.4 Å². The highest BCUT2D eigenvalue weighted by molar-refractivity contribution is 6.29. The van der Waals surface area contributed by atoms with Crippen molar-refractivity contribution in [1.82, 2.24) is 4.98 Å². The second-order valence-electron chi connectivity index (χ2n) is 1.55. The number of pyridine rings is 1. The van der Waals surface area contributed by atoms with Gasteiger partial charge in [0.25, 0.3) is 0 Å². The highest BCUT2D eigenvalue weighted by Crippen LogP contribution is 2.09. The van der Waals surface area contributed by atoms with Crippen LogP contribution in [0.3, 0.4) is 0 Å². The van der Waals surface area contributed by atoms with Crippen LogP contribution in [0.4, 0.5) is 0 Å². The Balaban J connectivity index is 3.41. The summed E-state index contributed by atoms with van der Waals surface area (Å²) in [6.07, 6.45) is 0.983. The third-order valence-corrected chi connectivity index (χ3v) is 1.08. The van der Waals surface area contributed by atoms with E-state index in [9.17, 15) is 0 Å². The number of aromatic nitrogens is 1. The Labute approximate surface area is 68.1 Å². The molecule has 1 aromatic rings. The second kappa shape index (κ2) is 2.36. The fourth-order valence-corrected chi connectivity index (χ4v) is 0.588. The minimum atomic E-state index is -2.50. The van der Waals surface area contributed by atoms with E-state index in [-0.39, 0.29) is 16.3 Å². The highest BCUT2D eigenvalue weighted by Gasteiger charge is 1.91. The predicted molar refractivity (Wildman–Crippen MR) is 38.7 cm³/mol. The molecule has 1 nitrogen and oxygen atoms in total. The SMILES string of the molecule is [2H]C([2H])([2H])c1cnc(Cl)cc1C([2H])([2H])[2H]. The number of hydrogen-bond acceptors (Lipinski definition) is 1. The van der Waals surface area contributed by atoms with Gasteiger partial charge in [0.2, 0.25) is 0 Å². The summed E-state index contributed by atoms with van der Waals surface area (Å²) in [5.74, 6) is 0. The fourth-order valence-electron chi connectivity index (χ4n) is 0.430. The predicted octanol–water partition coefficient (Wildman–Crippen LogP) is 2.35. The van der Waals surface area contributed by atoms with Crippen molar-refractivity contribution in [3.05, 3.63) is 28.5 Å². The Kier molecular flexibility index (Phi) is 0.587. The summed E-state index contributed by atoms with van der Waals surface area (Å²) in [5.41, 5.74) is -0.561. The molecule has 0 fully saturated rings. The third-order valence-electron chi connectivity index (χ3n) is 0.871. The molecule has 1 rings (SSSR count). The molecule has 0 aromatic carbocycles. The Hall–Kier alpha value is -0.560. The van der Waals surface area contributed by atoms with Gasteiger partial charge in [0.1, 0.15) is 5.15 Å². The van der Waals surface area contributed by atoms with Gasteiger partial charge < -0.3 is 0 Å². The third kappa shape index (κ3) is 1.42. The van der Waals surface area contributed by atoms with Gasteiger partial charge in [-0.25, -0.2) is 4.98 Å². The Morgan fingerprint density at radius 2 is 2.33 bits per heavy atom. The first-order valence-corrected chi connectivity index (χ1v) is 2.66. The zero-order valence-electron chi connectivity index (χ0n) is 10.5. The summed E-state index contributed by atoms with van der Waals surface area (Å²) >= 11 is 5.53. The van der Waals surface area contributed by atoms with Gasteiger partial charge in [0.05, 0.1) is 0 Å². The summed E-state index contributed by atoms with van der Waals surface area (Å²) in [7, 11) is 0. The minimum absolute atomic E-state index is 0.0332. The molecule has 48 valence electrons. The van der Waals surface area contributed by atoms with Crippen molar-refractivity contribution in [2.75, 3.05) is 0 Å². The molecule has 0 radical (unpaired) electrons. The normalized spacial score (nSPS) is 22.3. The van der Waals surface area contributed by atoms with Crippen LogP contribution in [-0.2, 0) is 0 Å². The monoisotopic (exact) mass is 147 g/mol. The Morgan fingerprint density at radius 3 is 3.00 bits per heavy atom. The van der Waals surface area contributed by atoms with E-state index in [0.29, 0.717) is 0 Å². The largest absolute Gasteiger partial charge is 0.244 e. The lowest BCUT2D eigenvalue weighted by molar-refractivity contribution is 1.22. The van der Waals surface area contributed by atoms with Crippen LogP contribution in [0.25, 0.3) is 0 Å². The molecule has 0 saturated carbocycles. The van der Waals surface area contributed by atoms with Crippen LogP contribution in [-0.4, -0.2) is 4.98 Å². The van der Waals surface area contributed by atoms with Crippen molar-refractivity contribution >= 4 is 11.6 Å². The molecular formula is C7H8ClN. The van der Waals surface area contributed by atoms with Crippen LogP contribution < -0.4 is 0 Å². The second-order valence-corrected chi connectivity index (χ2v) is 1.94. The molecular weight excluding hydrogens is 134 g/mol. The van der Waals surface area contributed by atoms with Gasteiger partial charge in [-0.3, -0.25) is 0 Å². The van der Waals surface area contributed by atoms with Crippen molar-refractivity contribution in [3.63, 3.8) is 0 Å². The maximum atomic E-state index is 7.19. The summed E-state index contributed by atoms with van der Waals surface area (Å²) < 4.78 is 43.1. The van der Waals surface area contributed by atoms with Crippen molar-refractivity contribution in [3.8, 4) is 0 Å². The van der Waals surface area contributed by atoms with Crippen molar-refractivity contribution in [2.45, 2.75) is 13.7 Å². The molecule has 0 aliphatic rings. The number of hydrogen-bond donors (Lipinski definition) is 0. The van der Waals surface area contributed by atoms with E-state index in [4.69, 9.17) is 19.8 Å². The van der Waals surface area contributed by atoms with E-state index >= 15 is 0 Å². The zero-order chi connectivity index (χ0) is 11.9. The Morgan fingerprint density at radius 1 is 1.56 bits per heavy atom. The molecule has 0 unspecified atom stereocenters. The van der Waals surface area contributed by atoms with Crippen LogP contribution >= 0.6 is 11.6 Å². The van der Waals surface area contributed by atoms with Gasteiger partial charge >= 0.3 is 0 Å². The fraction of sp³-hybridized carbons (Fsp3) is 0.286. The lowest BCUT2D eigenvalue weighted by Crippen LogP contribution is -1.81. The molecule has 0 bridgehead atoms. The van der Waals surface area contributed by atoms with E-state index in [1.165, 1.54) is 0 Å². The van der Waals surface area contributed by atoms with Gasteiger partial charge in [-0.1, -0.05) is 11.6 Å². The molecule has 1 aromatic heterocycles. The molecule has 0 spiro atoms. The lowest BCUT2D eigenvalue weighted by Gasteiger charge is -1.96. The lowest BCUT2D eigenvalue weighted by atomic mass is 10.2. The van der Waals surface area contributed by atoms with Gasteiger partial charge in [0.15, 0.2) is 0 Å². The van der Waals surface area contributed by atoms with E-state index < -0.39 is 13.7 Å². The Bertz CT molecular complexity index is 369. The molecule has 0 saturated heterocycles. The number of aryl methyl sites for hydroxylation is 2. The first-order chi connectivity index (χ1) is 6.62. The molecule has 0 amide bonds. The van der Waals surface area contributed by atoms with Crippen molar-refractivity contribution < 1.29 is 8.22 Å². The summed E-state index contributed by atoms with van der Waals surface area (Å²) in [4.78, 5) is 3.58. The molecule has 0 aliphatic heterocycles. The molecule has 2 heteroatoms. The molecule has 0 aliphatic carbocycles. The van der Waals surface area contributed by atoms with Gasteiger partial charge in [0, 0.05) is 14.4 Å². The van der Waals surface area contributed by atoms with Gasteiger partial charge in [-0.05, 0) is 30.9 Å². The number of nitrogens with zero attached hydrogens (tertiary/aromatic N) is 1. The molecule has 1 heterocycles. The molecule has 0 N–H and O–H groups in total. The first kappa shape index (κ1) is 2.24. The van der Waals surface area contributed by atoms with Crippen LogP contribution in [0, 0.1) is 13.7 Å². The molecule has 9 heavy (non-hydrogen) atoms. The van der Waals surface area contributed by atoms with Crippen LogP contribution in [0.15, 0.2) is 12.3 Å². The van der Waals surface area contributed by atoms with E-state index in [0.717, 1.165) is 12.3 Å². The smallest absolute Gasteiger partial charge is 0.129 e. The van der Waals surface area contributed by atoms with Gasteiger partial charge in [-0.2, -0.15) is 0 Å². The highest BCUT2D eigenvalue weighted by atomic mass is 35.5. The van der Waals surface area contributed by atoms with Crippen molar-refractivity contribution in [2.24, 2.45) is 0 Å². The standard InChI is InChI=1S/C7H8ClN/c1-5-3-7(8)9-4-6(5)2/h3-4H,1-2H3/i1D3,2D3. The van der Waals surface area contributed by atoms with Crippen LogP contribution in [0.5, 0.6) is 0 Å². The van der Waals surface area contributed by atoms with Crippen molar-refractivity contribution in [1.29, 1.82) is 0 Å². The quantitative estimate of drug-likeness (QED) is 0.514. The van der Waals surface area contributed by atoms with Gasteiger partial charge in [-0.15, -0.1) is 0 Å². The zero-order valence-corrected chi connectivity index (χ0v) is 5.24. The number of rotatable bonds is 0. The first-order valence-electron chi connectivity index (χ1n) is 5.29. The van der Waals surface area contributed by atoms with E-state index in [2.05, 4.69) is 4.98 Å². The maximum Gasteiger partial charge on any atom is 0.129 e. The average Bonchev–Trinajstić information content (AvgIpc) is 2.00. The summed E-state index contributed by atoms with van der Waals surface area (Å²) in [5, 5.41) is -0.0332. The topological polar surface area (TPSA) is 12.9 Å². The minimum Gasteiger partial charge on any atom is -0.244 e. The molecule has 0 atom stereocenters. The number of halogens is 1. The maximum absolute atomic E-state index is 7.19. The average molecular weight is 148 g/mol. The summed E-state index contributed by atoms with van der Waals surface area (Å²) in [6.45, 7) is -5.00. The van der Waals surface area contributed by atoms with E-state index in [1.54, 1.807) is 0 Å².